The third-order valence-electron chi connectivity index (χ3n) is 4.05. The van der Waals surface area contributed by atoms with Crippen molar-refractivity contribution in [3.05, 3.63) is 60.9 Å². The lowest BCUT2D eigenvalue weighted by Gasteiger charge is -2.12. The Morgan fingerprint density at radius 1 is 1.33 bits per heavy atom. The fraction of sp³-hybridized carbons (Fsp3) is 0.250. The molecule has 8 heteroatoms. The number of nitrogens with one attached hydrogen (secondary N) is 1. The van der Waals surface area contributed by atoms with Gasteiger partial charge in [-0.3, -0.25) is 9.36 Å². The first kappa shape index (κ1) is 17.7. The highest BCUT2D eigenvalue weighted by molar-refractivity contribution is 7.18. The number of hydrogen-bond donors (Lipinski definition) is 1. The Balaban J connectivity index is 0.00000169. The first-order chi connectivity index (χ1) is 11.1. The van der Waals surface area contributed by atoms with E-state index in [1.54, 1.807) is 40.4 Å². The average Bonchev–Trinajstić information content (AvgIpc) is 2.92. The van der Waals surface area contributed by atoms with Gasteiger partial charge in [0.25, 0.3) is 5.56 Å². The van der Waals surface area contributed by atoms with Gasteiger partial charge < -0.3 is 5.32 Å². The lowest BCUT2D eigenvalue weighted by atomic mass is 10.1. The van der Waals surface area contributed by atoms with Crippen molar-refractivity contribution in [2.75, 3.05) is 6.54 Å². The number of thiophene rings is 1. The number of aromatic nitrogens is 2. The Labute approximate surface area is 158 Å². The summed E-state index contributed by atoms with van der Waals surface area (Å²) in [5.41, 5.74) is 1.95. The average molecular weight is 403 g/mol. The SMILES string of the molecule is Cl.O=c1c2c3c(sc2ncn1Cc1cc(Cl)ccc1Cl)CNCC3. The minimum atomic E-state index is -0.00885. The number of nitrogens with zero attached hydrogens (tertiary/aromatic N) is 2. The molecule has 0 saturated carbocycles. The van der Waals surface area contributed by atoms with Crippen LogP contribution in [0.2, 0.25) is 10.0 Å². The summed E-state index contributed by atoms with van der Waals surface area (Å²) in [5, 5.41) is 5.29. The predicted octanol–water partition coefficient (Wildman–Crippen LogP) is 3.88. The summed E-state index contributed by atoms with van der Waals surface area (Å²) in [6.07, 6.45) is 2.46. The molecule has 0 atom stereocenters. The van der Waals surface area contributed by atoms with Gasteiger partial charge in [-0.05, 0) is 42.3 Å². The standard InChI is InChI=1S/C16H13Cl2N3OS.ClH/c17-10-1-2-12(18)9(5-10)7-21-8-20-15-14(16(21)22)11-3-4-19-6-13(11)23-15;/h1-2,5,8,19H,3-4,6-7H2;1H. The van der Waals surface area contributed by atoms with Crippen molar-refractivity contribution in [3.8, 4) is 0 Å². The normalized spacial score (nSPS) is 13.6. The van der Waals surface area contributed by atoms with E-state index in [-0.39, 0.29) is 18.0 Å². The van der Waals surface area contributed by atoms with Crippen LogP contribution < -0.4 is 10.9 Å². The smallest absolute Gasteiger partial charge is 0.262 e. The molecule has 0 radical (unpaired) electrons. The molecule has 1 aliphatic rings. The largest absolute Gasteiger partial charge is 0.312 e. The highest BCUT2D eigenvalue weighted by Gasteiger charge is 2.19. The second-order valence-electron chi connectivity index (χ2n) is 5.52. The van der Waals surface area contributed by atoms with Crippen LogP contribution in [0.15, 0.2) is 29.3 Å². The molecular formula is C16H14Cl3N3OS. The molecule has 0 amide bonds. The molecule has 0 fully saturated rings. The maximum Gasteiger partial charge on any atom is 0.262 e. The van der Waals surface area contributed by atoms with Crippen LogP contribution in [0, 0.1) is 0 Å². The van der Waals surface area contributed by atoms with E-state index in [1.807, 2.05) is 0 Å². The van der Waals surface area contributed by atoms with Crippen LogP contribution in [0.25, 0.3) is 10.2 Å². The molecular weight excluding hydrogens is 389 g/mol. The van der Waals surface area contributed by atoms with Crippen molar-refractivity contribution < 1.29 is 0 Å². The molecule has 3 aromatic rings. The van der Waals surface area contributed by atoms with Crippen molar-refractivity contribution in [2.45, 2.75) is 19.5 Å². The van der Waals surface area contributed by atoms with E-state index in [9.17, 15) is 4.79 Å². The van der Waals surface area contributed by atoms with Crippen molar-refractivity contribution in [1.29, 1.82) is 0 Å². The summed E-state index contributed by atoms with van der Waals surface area (Å²) >= 11 is 13.8. The zero-order chi connectivity index (χ0) is 16.0. The molecule has 0 bridgehead atoms. The minimum Gasteiger partial charge on any atom is -0.312 e. The zero-order valence-corrected chi connectivity index (χ0v) is 15.7. The van der Waals surface area contributed by atoms with E-state index in [2.05, 4.69) is 10.3 Å². The zero-order valence-electron chi connectivity index (χ0n) is 12.5. The van der Waals surface area contributed by atoms with Crippen LogP contribution in [-0.4, -0.2) is 16.1 Å². The lowest BCUT2D eigenvalue weighted by molar-refractivity contribution is 0.656. The number of hydrogen-bond acceptors (Lipinski definition) is 4. The topological polar surface area (TPSA) is 46.9 Å². The Morgan fingerprint density at radius 2 is 2.17 bits per heavy atom. The first-order valence-corrected chi connectivity index (χ1v) is 8.85. The van der Waals surface area contributed by atoms with Gasteiger partial charge in [0.1, 0.15) is 4.83 Å². The molecule has 2 aromatic heterocycles. The van der Waals surface area contributed by atoms with Gasteiger partial charge in [-0.2, -0.15) is 0 Å². The van der Waals surface area contributed by atoms with Crippen molar-refractivity contribution in [2.24, 2.45) is 0 Å². The summed E-state index contributed by atoms with van der Waals surface area (Å²) in [6, 6.07) is 5.27. The molecule has 126 valence electrons. The van der Waals surface area contributed by atoms with Gasteiger partial charge in [-0.25, -0.2) is 4.98 Å². The molecule has 1 aliphatic heterocycles. The number of halogens is 3. The van der Waals surface area contributed by atoms with Crippen molar-refractivity contribution in [3.63, 3.8) is 0 Å². The van der Waals surface area contributed by atoms with Crippen LogP contribution >= 0.6 is 46.9 Å². The molecule has 0 saturated heterocycles. The molecule has 0 spiro atoms. The third-order valence-corrected chi connectivity index (χ3v) is 5.79. The maximum atomic E-state index is 12.9. The molecule has 1 aromatic carbocycles. The van der Waals surface area contributed by atoms with Crippen LogP contribution in [0.3, 0.4) is 0 Å². The highest BCUT2D eigenvalue weighted by atomic mass is 35.5. The molecule has 4 nitrogen and oxygen atoms in total. The van der Waals surface area contributed by atoms with E-state index < -0.39 is 0 Å². The minimum absolute atomic E-state index is 0. The summed E-state index contributed by atoms with van der Waals surface area (Å²) in [5.74, 6) is 0. The second-order valence-corrected chi connectivity index (χ2v) is 7.45. The van der Waals surface area contributed by atoms with E-state index in [4.69, 9.17) is 23.2 Å². The van der Waals surface area contributed by atoms with Gasteiger partial charge in [-0.15, -0.1) is 23.7 Å². The fourth-order valence-electron chi connectivity index (χ4n) is 2.91. The monoisotopic (exact) mass is 401 g/mol. The first-order valence-electron chi connectivity index (χ1n) is 7.28. The molecule has 0 unspecified atom stereocenters. The Bertz CT molecular complexity index is 967. The van der Waals surface area contributed by atoms with E-state index in [1.165, 1.54) is 4.88 Å². The fourth-order valence-corrected chi connectivity index (χ4v) is 4.43. The van der Waals surface area contributed by atoms with Crippen LogP contribution in [0.4, 0.5) is 0 Å². The summed E-state index contributed by atoms with van der Waals surface area (Å²) in [4.78, 5) is 19.4. The van der Waals surface area contributed by atoms with Crippen LogP contribution in [0.1, 0.15) is 16.0 Å². The van der Waals surface area contributed by atoms with Crippen molar-refractivity contribution in [1.82, 2.24) is 14.9 Å². The molecule has 0 aliphatic carbocycles. The predicted molar refractivity (Wildman–Crippen MR) is 102 cm³/mol. The van der Waals surface area contributed by atoms with Crippen LogP contribution in [0.5, 0.6) is 0 Å². The lowest BCUT2D eigenvalue weighted by Crippen LogP contribution is -2.25. The molecule has 24 heavy (non-hydrogen) atoms. The Kier molecular flexibility index (Phi) is 5.18. The van der Waals surface area contributed by atoms with Gasteiger partial charge in [0.15, 0.2) is 0 Å². The van der Waals surface area contributed by atoms with Gasteiger partial charge >= 0.3 is 0 Å². The van der Waals surface area contributed by atoms with Gasteiger partial charge in [0.05, 0.1) is 18.3 Å². The summed E-state index contributed by atoms with van der Waals surface area (Å²) < 4.78 is 1.61. The van der Waals surface area contributed by atoms with Crippen molar-refractivity contribution >= 4 is 57.2 Å². The van der Waals surface area contributed by atoms with Crippen LogP contribution in [-0.2, 0) is 19.5 Å². The van der Waals surface area contributed by atoms with E-state index in [0.717, 1.165) is 40.9 Å². The maximum absolute atomic E-state index is 12.9. The third kappa shape index (κ3) is 3.07. The van der Waals surface area contributed by atoms with Gasteiger partial charge in [0.2, 0.25) is 0 Å². The van der Waals surface area contributed by atoms with E-state index >= 15 is 0 Å². The quantitative estimate of drug-likeness (QED) is 0.707. The van der Waals surface area contributed by atoms with Gasteiger partial charge in [-0.1, -0.05) is 23.2 Å². The second kappa shape index (κ2) is 7.02. The Hall–Kier alpha value is -1.11. The Morgan fingerprint density at radius 3 is 3.00 bits per heavy atom. The summed E-state index contributed by atoms with van der Waals surface area (Å²) in [6.45, 7) is 2.08. The number of rotatable bonds is 2. The molecule has 1 N–H and O–H groups in total. The molecule has 3 heterocycles. The summed E-state index contributed by atoms with van der Waals surface area (Å²) in [7, 11) is 0. The van der Waals surface area contributed by atoms with E-state index in [0.29, 0.717) is 16.6 Å². The highest BCUT2D eigenvalue weighted by Crippen LogP contribution is 2.30. The molecule has 4 rings (SSSR count). The number of fused-ring (bicyclic) bond motifs is 3. The van der Waals surface area contributed by atoms with Gasteiger partial charge in [0, 0.05) is 21.5 Å². The number of benzene rings is 1.